The molecule has 2 aromatic carbocycles. The second kappa shape index (κ2) is 7.03. The zero-order chi connectivity index (χ0) is 20.9. The Balaban J connectivity index is 2.28. The van der Waals surface area contributed by atoms with Crippen LogP contribution < -0.4 is 20.3 Å². The average Bonchev–Trinajstić information content (AvgIpc) is 3.08. The van der Waals surface area contributed by atoms with Gasteiger partial charge in [0.05, 0.1) is 15.2 Å². The van der Waals surface area contributed by atoms with Crippen LogP contribution in [0, 0.1) is 6.92 Å². The summed E-state index contributed by atoms with van der Waals surface area (Å²) in [6.07, 6.45) is 5.69. The molecule has 1 aliphatic rings. The molecule has 0 aromatic heterocycles. The third kappa shape index (κ3) is 3.33. The number of fused-ring (bicyclic) bond motifs is 1. The van der Waals surface area contributed by atoms with Crippen molar-refractivity contribution < 1.29 is 4.74 Å². The predicted molar refractivity (Wildman–Crippen MR) is 130 cm³/mol. The molecule has 0 spiro atoms. The molecule has 0 amide bonds. The molecule has 0 saturated carbocycles. The van der Waals surface area contributed by atoms with Crippen LogP contribution in [0.15, 0.2) is 36.4 Å². The fourth-order valence-electron chi connectivity index (χ4n) is 4.31. The van der Waals surface area contributed by atoms with Crippen LogP contribution in [-0.4, -0.2) is 23.3 Å². The Morgan fingerprint density at radius 3 is 2.18 bits per heavy atom. The Kier molecular flexibility index (Phi) is 5.31. The lowest BCUT2D eigenvalue weighted by molar-refractivity contribution is 0.420. The van der Waals surface area contributed by atoms with Gasteiger partial charge in [0, 0.05) is 0 Å². The van der Waals surface area contributed by atoms with Gasteiger partial charge >= 0.3 is 0 Å². The Bertz CT molecular complexity index is 930. The van der Waals surface area contributed by atoms with Gasteiger partial charge in [-0.3, -0.25) is 0 Å². The van der Waals surface area contributed by atoms with Crippen LogP contribution in [0.5, 0.6) is 5.75 Å². The van der Waals surface area contributed by atoms with Crippen molar-refractivity contribution in [2.75, 3.05) is 7.11 Å². The van der Waals surface area contributed by atoms with Crippen molar-refractivity contribution in [2.45, 2.75) is 65.3 Å². The fourth-order valence-corrected chi connectivity index (χ4v) is 9.75. The maximum Gasteiger partial charge on any atom is 0.117 e. The number of ether oxygens (including phenoxy) is 1. The highest BCUT2D eigenvalue weighted by Gasteiger charge is 2.42. The molecule has 1 nitrogen and oxygen atoms in total. The van der Waals surface area contributed by atoms with E-state index in [1.165, 1.54) is 32.3 Å². The Morgan fingerprint density at radius 1 is 0.929 bits per heavy atom. The zero-order valence-corrected chi connectivity index (χ0v) is 21.2. The first-order valence-electron chi connectivity index (χ1n) is 10.4. The molecule has 3 rings (SSSR count). The second-order valence-electron chi connectivity index (χ2n) is 10.4. The number of benzene rings is 2. The van der Waals surface area contributed by atoms with Crippen LogP contribution in [0.2, 0.25) is 31.2 Å². The summed E-state index contributed by atoms with van der Waals surface area (Å²) in [4.78, 5) is 0. The van der Waals surface area contributed by atoms with Crippen molar-refractivity contribution in [3.8, 4) is 5.75 Å². The van der Waals surface area contributed by atoms with E-state index in [1.807, 2.05) is 7.11 Å². The van der Waals surface area contributed by atoms with Crippen molar-refractivity contribution >= 4 is 37.8 Å². The molecule has 0 aliphatic heterocycles. The summed E-state index contributed by atoms with van der Waals surface area (Å²) in [5.41, 5.74) is 4.28. The lowest BCUT2D eigenvalue weighted by atomic mass is 10.1. The summed E-state index contributed by atoms with van der Waals surface area (Å²) in [5.74, 6) is 1.16. The molecule has 0 atom stereocenters. The first-order chi connectivity index (χ1) is 12.9. The van der Waals surface area contributed by atoms with Crippen LogP contribution in [0.3, 0.4) is 0 Å². The smallest absolute Gasteiger partial charge is 0.117 e. The number of allylic oxidation sites excluding steroid dienone is 1. The van der Waals surface area contributed by atoms with Crippen molar-refractivity contribution in [1.29, 1.82) is 0 Å². The summed E-state index contributed by atoms with van der Waals surface area (Å²) in [6, 6.07) is 11.7. The monoisotopic (exact) mass is 408 g/mol. The molecule has 0 N–H and O–H groups in total. The van der Waals surface area contributed by atoms with Gasteiger partial charge in [-0.05, 0) is 45.1 Å². The van der Waals surface area contributed by atoms with E-state index in [1.54, 1.807) is 0 Å². The maximum absolute atomic E-state index is 6.19. The summed E-state index contributed by atoms with van der Waals surface area (Å²) in [6.45, 7) is 19.4. The first kappa shape index (κ1) is 21.1. The standard InChI is InChI=1S/C25H36OSi2/c1-18-16-22(24(26-5)23(17-18)28(8,9)25(2,3)4)27(6,7)21-15-11-13-19-12-10-14-20(19)21/h10-11,13-17H,12H2,1-9H3. The quantitative estimate of drug-likeness (QED) is 0.639. The Morgan fingerprint density at radius 2 is 1.57 bits per heavy atom. The lowest BCUT2D eigenvalue weighted by Crippen LogP contribution is -2.58. The highest BCUT2D eigenvalue weighted by atomic mass is 28.3. The highest BCUT2D eigenvalue weighted by Crippen LogP contribution is 2.37. The van der Waals surface area contributed by atoms with Gasteiger partial charge in [0.25, 0.3) is 0 Å². The summed E-state index contributed by atoms with van der Waals surface area (Å²) in [7, 11) is -1.79. The summed E-state index contributed by atoms with van der Waals surface area (Å²) >= 11 is 0. The minimum atomic E-state index is -1.93. The molecule has 28 heavy (non-hydrogen) atoms. The summed E-state index contributed by atoms with van der Waals surface area (Å²) < 4.78 is 6.19. The molecule has 3 heteroatoms. The lowest BCUT2D eigenvalue weighted by Gasteiger charge is -2.40. The molecule has 1 aliphatic carbocycles. The van der Waals surface area contributed by atoms with Crippen molar-refractivity contribution in [3.05, 3.63) is 53.1 Å². The van der Waals surface area contributed by atoms with Gasteiger partial charge in [0.1, 0.15) is 13.8 Å². The summed E-state index contributed by atoms with van der Waals surface area (Å²) in [5, 5.41) is 4.72. The normalized spacial score (nSPS) is 14.3. The topological polar surface area (TPSA) is 9.23 Å². The van der Waals surface area contributed by atoms with Gasteiger partial charge in [0.2, 0.25) is 0 Å². The number of hydrogen-bond donors (Lipinski definition) is 0. The van der Waals surface area contributed by atoms with Crippen molar-refractivity contribution in [3.63, 3.8) is 0 Å². The van der Waals surface area contributed by atoms with Gasteiger partial charge in [-0.15, -0.1) is 0 Å². The Hall–Kier alpha value is -1.59. The van der Waals surface area contributed by atoms with Crippen LogP contribution in [-0.2, 0) is 6.42 Å². The van der Waals surface area contributed by atoms with Gasteiger partial charge in [0.15, 0.2) is 0 Å². The van der Waals surface area contributed by atoms with Crippen LogP contribution in [0.4, 0.5) is 0 Å². The van der Waals surface area contributed by atoms with E-state index in [4.69, 9.17) is 4.74 Å². The van der Waals surface area contributed by atoms with E-state index in [-0.39, 0.29) is 5.04 Å². The van der Waals surface area contributed by atoms with Gasteiger partial charge in [-0.25, -0.2) is 0 Å². The fraction of sp³-hybridized carbons (Fsp3) is 0.440. The van der Waals surface area contributed by atoms with E-state index in [0.29, 0.717) is 0 Å². The predicted octanol–water partition coefficient (Wildman–Crippen LogP) is 5.11. The number of aryl methyl sites for hydroxylation is 1. The maximum atomic E-state index is 6.19. The molecule has 150 valence electrons. The van der Waals surface area contributed by atoms with E-state index in [0.717, 1.165) is 12.2 Å². The van der Waals surface area contributed by atoms with E-state index in [9.17, 15) is 0 Å². The average molecular weight is 409 g/mol. The Labute approximate surface area is 173 Å². The van der Waals surface area contributed by atoms with Crippen LogP contribution in [0.25, 0.3) is 6.08 Å². The number of hydrogen-bond acceptors (Lipinski definition) is 1. The van der Waals surface area contributed by atoms with E-state index >= 15 is 0 Å². The van der Waals surface area contributed by atoms with Gasteiger partial charge in [-0.1, -0.05) is 95.0 Å². The SMILES string of the molecule is COc1c([Si](C)(C)c2cccc3c2C=CC3)cc(C)cc1[Si](C)(C)C(C)(C)C. The third-order valence-corrected chi connectivity index (χ3v) is 16.1. The highest BCUT2D eigenvalue weighted by molar-refractivity contribution is 7.02. The van der Waals surface area contributed by atoms with Crippen LogP contribution >= 0.6 is 0 Å². The minimum absolute atomic E-state index is 0.272. The largest absolute Gasteiger partial charge is 0.497 e. The van der Waals surface area contributed by atoms with Gasteiger partial charge < -0.3 is 4.74 Å². The molecule has 0 radical (unpaired) electrons. The van der Waals surface area contributed by atoms with Crippen molar-refractivity contribution in [2.24, 2.45) is 0 Å². The van der Waals surface area contributed by atoms with Gasteiger partial charge in [-0.2, -0.15) is 0 Å². The number of methoxy groups -OCH3 is 1. The van der Waals surface area contributed by atoms with E-state index in [2.05, 4.69) is 96.4 Å². The number of rotatable bonds is 4. The first-order valence-corrected chi connectivity index (χ1v) is 16.4. The minimum Gasteiger partial charge on any atom is -0.497 e. The molecule has 2 aromatic rings. The molecule has 0 heterocycles. The van der Waals surface area contributed by atoms with Crippen molar-refractivity contribution in [1.82, 2.24) is 0 Å². The molecule has 0 bridgehead atoms. The zero-order valence-electron chi connectivity index (χ0n) is 19.2. The van der Waals surface area contributed by atoms with E-state index < -0.39 is 16.1 Å². The second-order valence-corrected chi connectivity index (χ2v) is 20.0. The molecule has 0 saturated heterocycles. The molecular formula is C25H36OSi2. The van der Waals surface area contributed by atoms with Crippen LogP contribution in [0.1, 0.15) is 37.5 Å². The molecule has 0 fully saturated rings. The third-order valence-electron chi connectivity index (χ3n) is 7.15. The molecular weight excluding hydrogens is 372 g/mol. The molecule has 0 unspecified atom stereocenters.